The molecule has 0 bridgehead atoms. The van der Waals surface area contributed by atoms with Crippen molar-refractivity contribution in [1.29, 1.82) is 0 Å². The summed E-state index contributed by atoms with van der Waals surface area (Å²) >= 11 is 7.83. The first kappa shape index (κ1) is 14.5. The van der Waals surface area contributed by atoms with Crippen molar-refractivity contribution in [2.45, 2.75) is 37.3 Å². The van der Waals surface area contributed by atoms with Gasteiger partial charge >= 0.3 is 0 Å². The fraction of sp³-hybridized carbons (Fsp3) is 0.600. The minimum Gasteiger partial charge on any atom is -0.380 e. The molecule has 110 valence electrons. The van der Waals surface area contributed by atoms with Crippen LogP contribution in [0.25, 0.3) is 0 Å². The number of benzene rings is 1. The molecule has 0 radical (unpaired) electrons. The van der Waals surface area contributed by atoms with E-state index in [0.29, 0.717) is 5.69 Å². The molecule has 2 aliphatic heterocycles. The summed E-state index contributed by atoms with van der Waals surface area (Å²) in [4.78, 5) is 0. The molecular weight excluding hydrogens is 297 g/mol. The van der Waals surface area contributed by atoms with Gasteiger partial charge in [0.1, 0.15) is 0 Å². The van der Waals surface area contributed by atoms with Gasteiger partial charge in [-0.15, -0.1) is 0 Å². The Bertz CT molecular complexity index is 473. The lowest BCUT2D eigenvalue weighted by Gasteiger charge is -2.43. The van der Waals surface area contributed by atoms with E-state index in [-0.39, 0.29) is 22.5 Å². The van der Waals surface area contributed by atoms with Crippen molar-refractivity contribution in [3.05, 3.63) is 29.0 Å². The van der Waals surface area contributed by atoms with Gasteiger partial charge in [-0.05, 0) is 49.3 Å². The van der Waals surface area contributed by atoms with Gasteiger partial charge in [-0.25, -0.2) is 4.39 Å². The highest BCUT2D eigenvalue weighted by Gasteiger charge is 2.38. The van der Waals surface area contributed by atoms with Crippen molar-refractivity contribution in [2.75, 3.05) is 23.4 Å². The zero-order valence-corrected chi connectivity index (χ0v) is 12.9. The summed E-state index contributed by atoms with van der Waals surface area (Å²) < 4.78 is 20.0. The third-order valence-electron chi connectivity index (χ3n) is 4.21. The van der Waals surface area contributed by atoms with Crippen LogP contribution >= 0.6 is 23.4 Å². The summed E-state index contributed by atoms with van der Waals surface area (Å²) in [6.45, 7) is 0.754. The Morgan fingerprint density at radius 3 is 2.95 bits per heavy atom. The van der Waals surface area contributed by atoms with E-state index in [1.54, 1.807) is 18.2 Å². The predicted molar refractivity (Wildman–Crippen MR) is 83.3 cm³/mol. The van der Waals surface area contributed by atoms with Gasteiger partial charge in [-0.1, -0.05) is 17.7 Å². The van der Waals surface area contributed by atoms with Gasteiger partial charge in [0.2, 0.25) is 0 Å². The van der Waals surface area contributed by atoms with Crippen LogP contribution < -0.4 is 5.32 Å². The van der Waals surface area contributed by atoms with Gasteiger partial charge in [0.05, 0.1) is 16.3 Å². The van der Waals surface area contributed by atoms with Crippen molar-refractivity contribution >= 4 is 29.1 Å². The van der Waals surface area contributed by atoms with Gasteiger partial charge in [-0.3, -0.25) is 0 Å². The lowest BCUT2D eigenvalue weighted by Crippen LogP contribution is -2.46. The molecule has 2 aliphatic rings. The van der Waals surface area contributed by atoms with E-state index in [1.807, 2.05) is 11.8 Å². The molecule has 1 aromatic carbocycles. The van der Waals surface area contributed by atoms with Crippen LogP contribution in [-0.4, -0.2) is 29.8 Å². The molecule has 1 spiro atoms. The van der Waals surface area contributed by atoms with Gasteiger partial charge in [-0.2, -0.15) is 11.8 Å². The van der Waals surface area contributed by atoms with E-state index in [2.05, 4.69) is 5.32 Å². The maximum absolute atomic E-state index is 14.0. The molecule has 2 heterocycles. The van der Waals surface area contributed by atoms with Crippen LogP contribution in [-0.2, 0) is 4.74 Å². The summed E-state index contributed by atoms with van der Waals surface area (Å²) in [5.74, 6) is 1.98. The molecular formula is C15H19ClFNOS. The van der Waals surface area contributed by atoms with E-state index < -0.39 is 0 Å². The molecule has 20 heavy (non-hydrogen) atoms. The van der Waals surface area contributed by atoms with Crippen LogP contribution in [0.2, 0.25) is 5.02 Å². The first-order valence-electron chi connectivity index (χ1n) is 7.11. The van der Waals surface area contributed by atoms with Crippen molar-refractivity contribution in [3.63, 3.8) is 0 Å². The molecule has 3 rings (SSSR count). The number of halogens is 2. The van der Waals surface area contributed by atoms with Crippen molar-refractivity contribution in [3.8, 4) is 0 Å². The zero-order chi connectivity index (χ0) is 14.0. The van der Waals surface area contributed by atoms with E-state index in [9.17, 15) is 4.39 Å². The molecule has 1 aromatic rings. The van der Waals surface area contributed by atoms with Gasteiger partial charge in [0.25, 0.3) is 0 Å². The Morgan fingerprint density at radius 2 is 2.15 bits per heavy atom. The number of anilines is 1. The summed E-state index contributed by atoms with van der Waals surface area (Å²) in [6, 6.07) is 5.37. The Balaban J connectivity index is 1.69. The Labute approximate surface area is 128 Å². The lowest BCUT2D eigenvalue weighted by atomic mass is 9.85. The van der Waals surface area contributed by atoms with Crippen LogP contribution in [0.1, 0.15) is 25.7 Å². The van der Waals surface area contributed by atoms with Gasteiger partial charge in [0.15, 0.2) is 5.82 Å². The van der Waals surface area contributed by atoms with Crippen molar-refractivity contribution in [1.82, 2.24) is 0 Å². The molecule has 0 amide bonds. The largest absolute Gasteiger partial charge is 0.380 e. The maximum Gasteiger partial charge on any atom is 0.164 e. The van der Waals surface area contributed by atoms with Crippen LogP contribution in [0.5, 0.6) is 0 Å². The number of hydrogen-bond acceptors (Lipinski definition) is 3. The summed E-state index contributed by atoms with van der Waals surface area (Å²) in [5, 5.41) is 3.49. The molecule has 1 N–H and O–H groups in total. The summed E-state index contributed by atoms with van der Waals surface area (Å²) in [6.07, 6.45) is 4.09. The topological polar surface area (TPSA) is 21.3 Å². The number of nitrogens with one attached hydrogen (secondary N) is 1. The molecule has 1 unspecified atom stereocenters. The molecule has 0 aromatic heterocycles. The smallest absolute Gasteiger partial charge is 0.164 e. The fourth-order valence-electron chi connectivity index (χ4n) is 3.08. The maximum atomic E-state index is 14.0. The number of ether oxygens (including phenoxy) is 1. The minimum atomic E-state index is -0.353. The van der Waals surface area contributed by atoms with E-state index in [4.69, 9.17) is 16.3 Å². The molecule has 5 heteroatoms. The second kappa shape index (κ2) is 6.12. The van der Waals surface area contributed by atoms with Crippen molar-refractivity contribution in [2.24, 2.45) is 0 Å². The number of hydrogen-bond donors (Lipinski definition) is 1. The average Bonchev–Trinajstić information content (AvgIpc) is 2.45. The molecule has 2 fully saturated rings. The van der Waals surface area contributed by atoms with Crippen LogP contribution in [0.3, 0.4) is 0 Å². The van der Waals surface area contributed by atoms with E-state index in [0.717, 1.165) is 43.8 Å². The lowest BCUT2D eigenvalue weighted by molar-refractivity contribution is -0.0865. The Kier molecular flexibility index (Phi) is 4.43. The Morgan fingerprint density at radius 1 is 1.35 bits per heavy atom. The van der Waals surface area contributed by atoms with Crippen LogP contribution in [0.4, 0.5) is 10.1 Å². The predicted octanol–water partition coefficient (Wildman–Crippen LogP) is 4.34. The second-order valence-electron chi connectivity index (χ2n) is 5.58. The number of thioether (sulfide) groups is 1. The highest BCUT2D eigenvalue weighted by atomic mass is 35.5. The Hall–Kier alpha value is -0.450. The molecule has 0 aliphatic carbocycles. The highest BCUT2D eigenvalue weighted by Crippen LogP contribution is 2.38. The van der Waals surface area contributed by atoms with Crippen molar-refractivity contribution < 1.29 is 9.13 Å². The van der Waals surface area contributed by atoms with Crippen LogP contribution in [0.15, 0.2) is 18.2 Å². The second-order valence-corrected chi connectivity index (χ2v) is 7.21. The monoisotopic (exact) mass is 315 g/mol. The number of rotatable bonds is 2. The normalized spacial score (nSPS) is 25.6. The molecule has 2 nitrogen and oxygen atoms in total. The quantitative estimate of drug-likeness (QED) is 0.877. The third kappa shape index (κ3) is 3.07. The average molecular weight is 316 g/mol. The molecule has 0 saturated carbocycles. The standard InChI is InChI=1S/C15H19ClFNOS/c16-12-2-1-3-13(14(12)17)18-11-4-7-19-15(10-11)5-8-20-9-6-15/h1-3,11,18H,4-10H2. The van der Waals surface area contributed by atoms with Gasteiger partial charge < -0.3 is 10.1 Å². The first-order valence-corrected chi connectivity index (χ1v) is 8.64. The van der Waals surface area contributed by atoms with E-state index in [1.165, 1.54) is 0 Å². The van der Waals surface area contributed by atoms with Gasteiger partial charge in [0, 0.05) is 12.6 Å². The first-order chi connectivity index (χ1) is 9.69. The van der Waals surface area contributed by atoms with Crippen LogP contribution in [0, 0.1) is 5.82 Å². The zero-order valence-electron chi connectivity index (χ0n) is 11.3. The summed E-state index contributed by atoms with van der Waals surface area (Å²) in [7, 11) is 0. The third-order valence-corrected chi connectivity index (χ3v) is 5.49. The van der Waals surface area contributed by atoms with E-state index >= 15 is 0 Å². The minimum absolute atomic E-state index is 0.0101. The summed E-state index contributed by atoms with van der Waals surface area (Å²) in [5.41, 5.74) is 0.515. The molecule has 1 atom stereocenters. The fourth-order valence-corrected chi connectivity index (χ4v) is 4.49. The molecule has 2 saturated heterocycles. The highest BCUT2D eigenvalue weighted by molar-refractivity contribution is 7.99. The SMILES string of the molecule is Fc1c(Cl)cccc1NC1CCOC2(CCSCC2)C1.